The summed E-state index contributed by atoms with van der Waals surface area (Å²) in [5, 5.41) is 1.07. The van der Waals surface area contributed by atoms with Crippen LogP contribution in [-0.4, -0.2) is 23.4 Å². The lowest BCUT2D eigenvalue weighted by Gasteiger charge is -2.11. The maximum atomic E-state index is 5.75. The molecule has 1 unspecified atom stereocenters. The second-order valence-electron chi connectivity index (χ2n) is 4.06. The first kappa shape index (κ1) is 11.9. The van der Waals surface area contributed by atoms with E-state index in [0.29, 0.717) is 12.6 Å². The molecule has 0 bridgehead atoms. The van der Waals surface area contributed by atoms with Crippen molar-refractivity contribution in [1.82, 2.24) is 4.98 Å². The van der Waals surface area contributed by atoms with Gasteiger partial charge in [0.25, 0.3) is 0 Å². The molecule has 0 saturated carbocycles. The van der Waals surface area contributed by atoms with E-state index in [-0.39, 0.29) is 0 Å². The van der Waals surface area contributed by atoms with Gasteiger partial charge in [-0.1, -0.05) is 0 Å². The van der Waals surface area contributed by atoms with Gasteiger partial charge >= 0.3 is 0 Å². The number of nitrogens with two attached hydrogens (primary N) is 1. The maximum absolute atomic E-state index is 5.75. The summed E-state index contributed by atoms with van der Waals surface area (Å²) in [6.45, 7) is 3.56. The topological polar surface area (TPSA) is 48.1 Å². The van der Waals surface area contributed by atoms with Crippen molar-refractivity contribution in [1.29, 1.82) is 0 Å². The molecule has 3 nitrogen and oxygen atoms in total. The van der Waals surface area contributed by atoms with Gasteiger partial charge in [0.05, 0.1) is 6.10 Å². The molecular weight excluding hydrogens is 220 g/mol. The lowest BCUT2D eigenvalue weighted by molar-refractivity contribution is 0.129. The Morgan fingerprint density at radius 3 is 3.19 bits per heavy atom. The van der Waals surface area contributed by atoms with E-state index in [1.54, 1.807) is 11.8 Å². The zero-order valence-corrected chi connectivity index (χ0v) is 10.4. The first-order valence-corrected chi connectivity index (χ1v) is 6.68. The number of thioether (sulfide) groups is 1. The van der Waals surface area contributed by atoms with Crippen LogP contribution in [0.2, 0.25) is 0 Å². The molecule has 0 amide bonds. The molecule has 1 aromatic rings. The molecule has 16 heavy (non-hydrogen) atoms. The second kappa shape index (κ2) is 5.66. The van der Waals surface area contributed by atoms with E-state index in [2.05, 4.69) is 11.9 Å². The number of aryl methyl sites for hydroxylation is 1. The van der Waals surface area contributed by atoms with Crippen LogP contribution in [0.1, 0.15) is 24.0 Å². The van der Waals surface area contributed by atoms with E-state index in [1.165, 1.54) is 24.0 Å². The van der Waals surface area contributed by atoms with Crippen LogP contribution in [0.25, 0.3) is 0 Å². The van der Waals surface area contributed by atoms with Crippen LogP contribution in [0.4, 0.5) is 0 Å². The molecule has 1 aliphatic heterocycles. The van der Waals surface area contributed by atoms with Crippen molar-refractivity contribution in [2.45, 2.75) is 37.4 Å². The van der Waals surface area contributed by atoms with Gasteiger partial charge in [0.2, 0.25) is 0 Å². The fourth-order valence-electron chi connectivity index (χ4n) is 1.88. The van der Waals surface area contributed by atoms with Crippen molar-refractivity contribution in [2.75, 3.05) is 12.4 Å². The van der Waals surface area contributed by atoms with E-state index < -0.39 is 0 Å². The summed E-state index contributed by atoms with van der Waals surface area (Å²) in [4.78, 5) is 4.40. The van der Waals surface area contributed by atoms with Crippen LogP contribution < -0.4 is 5.73 Å². The van der Waals surface area contributed by atoms with Gasteiger partial charge in [0, 0.05) is 30.7 Å². The number of nitrogens with zero attached hydrogens (tertiary/aromatic N) is 1. The lowest BCUT2D eigenvalue weighted by Crippen LogP contribution is -2.09. The summed E-state index contributed by atoms with van der Waals surface area (Å²) in [7, 11) is 0. The van der Waals surface area contributed by atoms with Crippen molar-refractivity contribution in [3.8, 4) is 0 Å². The van der Waals surface area contributed by atoms with Gasteiger partial charge in [-0.15, -0.1) is 11.8 Å². The van der Waals surface area contributed by atoms with Crippen molar-refractivity contribution >= 4 is 11.8 Å². The van der Waals surface area contributed by atoms with Gasteiger partial charge in [0.1, 0.15) is 5.03 Å². The molecule has 0 spiro atoms. The van der Waals surface area contributed by atoms with Gasteiger partial charge in [-0.05, 0) is 31.4 Å². The minimum absolute atomic E-state index is 0.401. The largest absolute Gasteiger partial charge is 0.377 e. The molecule has 1 aromatic heterocycles. The first-order valence-electron chi connectivity index (χ1n) is 5.70. The van der Waals surface area contributed by atoms with Crippen LogP contribution in [0.15, 0.2) is 17.3 Å². The van der Waals surface area contributed by atoms with E-state index >= 15 is 0 Å². The van der Waals surface area contributed by atoms with Crippen LogP contribution >= 0.6 is 11.8 Å². The summed E-state index contributed by atoms with van der Waals surface area (Å²) in [6.07, 6.45) is 4.62. The predicted molar refractivity (Wildman–Crippen MR) is 66.6 cm³/mol. The molecule has 0 aliphatic carbocycles. The van der Waals surface area contributed by atoms with E-state index in [9.17, 15) is 0 Å². The normalized spacial score (nSPS) is 20.2. The van der Waals surface area contributed by atoms with Crippen LogP contribution in [0, 0.1) is 6.92 Å². The third-order valence-electron chi connectivity index (χ3n) is 2.88. The lowest BCUT2D eigenvalue weighted by atomic mass is 10.2. The Morgan fingerprint density at radius 1 is 1.62 bits per heavy atom. The number of hydrogen-bond donors (Lipinski definition) is 1. The number of hydrogen-bond acceptors (Lipinski definition) is 4. The average Bonchev–Trinajstić information content (AvgIpc) is 2.79. The first-order chi connectivity index (χ1) is 7.81. The summed E-state index contributed by atoms with van der Waals surface area (Å²) in [5.74, 6) is 0.990. The number of rotatable bonds is 4. The molecule has 1 aliphatic rings. The highest BCUT2D eigenvalue weighted by Crippen LogP contribution is 2.26. The Kier molecular flexibility index (Phi) is 4.21. The fourth-order valence-corrected chi connectivity index (χ4v) is 3.04. The Morgan fingerprint density at radius 2 is 2.50 bits per heavy atom. The van der Waals surface area contributed by atoms with E-state index in [0.717, 1.165) is 17.4 Å². The molecular formula is C12H18N2OS. The molecule has 2 N–H and O–H groups in total. The highest BCUT2D eigenvalue weighted by Gasteiger charge is 2.16. The molecule has 0 aromatic carbocycles. The van der Waals surface area contributed by atoms with Crippen molar-refractivity contribution in [3.63, 3.8) is 0 Å². The molecule has 4 heteroatoms. The van der Waals surface area contributed by atoms with Crippen LogP contribution in [0.3, 0.4) is 0 Å². The molecule has 2 heterocycles. The maximum Gasteiger partial charge on any atom is 0.101 e. The monoisotopic (exact) mass is 238 g/mol. The van der Waals surface area contributed by atoms with Crippen molar-refractivity contribution in [2.24, 2.45) is 5.73 Å². The zero-order valence-electron chi connectivity index (χ0n) is 9.61. The summed E-state index contributed by atoms with van der Waals surface area (Å²) < 4.78 is 5.60. The van der Waals surface area contributed by atoms with E-state index in [1.807, 2.05) is 12.3 Å². The molecule has 1 fully saturated rings. The highest BCUT2D eigenvalue weighted by atomic mass is 32.2. The molecule has 1 atom stereocenters. The Hall–Kier alpha value is -0.580. The summed E-state index contributed by atoms with van der Waals surface area (Å²) >= 11 is 1.77. The summed E-state index contributed by atoms with van der Waals surface area (Å²) in [6, 6.07) is 2.01. The number of pyridine rings is 1. The highest BCUT2D eigenvalue weighted by molar-refractivity contribution is 7.99. The fraction of sp³-hybridized carbons (Fsp3) is 0.583. The van der Waals surface area contributed by atoms with Gasteiger partial charge < -0.3 is 10.5 Å². The smallest absolute Gasteiger partial charge is 0.101 e. The molecule has 0 radical (unpaired) electrons. The predicted octanol–water partition coefficient (Wildman–Crippen LogP) is 2.12. The molecule has 1 saturated heterocycles. The van der Waals surface area contributed by atoms with Crippen molar-refractivity contribution in [3.05, 3.63) is 23.4 Å². The zero-order chi connectivity index (χ0) is 11.4. The SMILES string of the molecule is Cc1ccnc(SCC2CCCO2)c1CN. The van der Waals surface area contributed by atoms with Gasteiger partial charge in [0.15, 0.2) is 0 Å². The average molecular weight is 238 g/mol. The van der Waals surface area contributed by atoms with E-state index in [4.69, 9.17) is 10.5 Å². The minimum atomic E-state index is 0.401. The number of ether oxygens (including phenoxy) is 1. The van der Waals surface area contributed by atoms with Crippen LogP contribution in [-0.2, 0) is 11.3 Å². The second-order valence-corrected chi connectivity index (χ2v) is 5.07. The molecule has 88 valence electrons. The Balaban J connectivity index is 2.00. The Bertz CT molecular complexity index is 351. The van der Waals surface area contributed by atoms with Gasteiger partial charge in [-0.2, -0.15) is 0 Å². The minimum Gasteiger partial charge on any atom is -0.377 e. The molecule has 2 rings (SSSR count). The third-order valence-corrected chi connectivity index (χ3v) is 4.05. The van der Waals surface area contributed by atoms with Gasteiger partial charge in [-0.25, -0.2) is 4.98 Å². The van der Waals surface area contributed by atoms with Crippen LogP contribution in [0.5, 0.6) is 0 Å². The third kappa shape index (κ3) is 2.75. The summed E-state index contributed by atoms with van der Waals surface area (Å²) in [5.41, 5.74) is 8.15. The standard InChI is InChI=1S/C12H18N2OS/c1-9-4-5-14-12(11(9)7-13)16-8-10-3-2-6-15-10/h4-5,10H,2-3,6-8,13H2,1H3. The quantitative estimate of drug-likeness (QED) is 0.816. The Labute approximate surface area is 101 Å². The van der Waals surface area contributed by atoms with Gasteiger partial charge in [-0.3, -0.25) is 0 Å². The number of aromatic nitrogens is 1. The van der Waals surface area contributed by atoms with Crippen molar-refractivity contribution < 1.29 is 4.74 Å².